The number of rotatable bonds is 3. The van der Waals surface area contributed by atoms with Crippen molar-refractivity contribution in [3.05, 3.63) is 12.7 Å². The summed E-state index contributed by atoms with van der Waals surface area (Å²) in [6.07, 6.45) is 5.81. The van der Waals surface area contributed by atoms with Crippen LogP contribution < -0.4 is 0 Å². The Kier molecular flexibility index (Phi) is 3.98. The summed E-state index contributed by atoms with van der Waals surface area (Å²) in [5.41, 5.74) is 0. The van der Waals surface area contributed by atoms with E-state index in [1.54, 1.807) is 11.0 Å². The van der Waals surface area contributed by atoms with Gasteiger partial charge in [0.15, 0.2) is 6.29 Å². The molecule has 0 spiro atoms. The minimum atomic E-state index is -0.348. The highest BCUT2D eigenvalue weighted by Gasteiger charge is 2.37. The molecule has 0 aliphatic carbocycles. The van der Waals surface area contributed by atoms with Crippen LogP contribution in [0.4, 0.5) is 0 Å². The molecule has 2 saturated heterocycles. The first-order valence-corrected chi connectivity index (χ1v) is 7.15. The van der Waals surface area contributed by atoms with Crippen LogP contribution in [-0.4, -0.2) is 57.7 Å². The van der Waals surface area contributed by atoms with Crippen molar-refractivity contribution in [2.24, 2.45) is 0 Å². The van der Waals surface area contributed by atoms with E-state index in [2.05, 4.69) is 10.1 Å². The minimum Gasteiger partial charge on any atom is -0.348 e. The lowest BCUT2D eigenvalue weighted by molar-refractivity contribution is -0.153. The molecular formula is C13H20N4O3. The molecule has 1 aromatic rings. The van der Waals surface area contributed by atoms with Gasteiger partial charge in [0, 0.05) is 6.54 Å². The highest BCUT2D eigenvalue weighted by Crippen LogP contribution is 2.26. The van der Waals surface area contributed by atoms with E-state index in [1.807, 2.05) is 11.8 Å². The molecule has 1 amide bonds. The fraction of sp³-hybridized carbons (Fsp3) is 0.769. The number of hydrogen-bond acceptors (Lipinski definition) is 5. The van der Waals surface area contributed by atoms with Gasteiger partial charge >= 0.3 is 0 Å². The number of amides is 1. The number of carbonyl (C=O) groups is 1. The third-order valence-electron chi connectivity index (χ3n) is 3.98. The molecule has 1 aromatic heterocycles. The summed E-state index contributed by atoms with van der Waals surface area (Å²) in [5, 5.41) is 4.05. The average Bonchev–Trinajstić information content (AvgIpc) is 3.18. The van der Waals surface area contributed by atoms with E-state index in [-0.39, 0.29) is 24.3 Å². The monoisotopic (exact) mass is 280 g/mol. The Morgan fingerprint density at radius 1 is 1.35 bits per heavy atom. The van der Waals surface area contributed by atoms with Crippen molar-refractivity contribution in [3.63, 3.8) is 0 Å². The van der Waals surface area contributed by atoms with Crippen molar-refractivity contribution in [2.75, 3.05) is 19.8 Å². The molecule has 2 unspecified atom stereocenters. The minimum absolute atomic E-state index is 0.0183. The second-order valence-corrected chi connectivity index (χ2v) is 5.26. The lowest BCUT2D eigenvalue weighted by atomic mass is 10.0. The highest BCUT2D eigenvalue weighted by atomic mass is 16.7. The van der Waals surface area contributed by atoms with Crippen LogP contribution in [0.3, 0.4) is 0 Å². The Morgan fingerprint density at radius 2 is 2.15 bits per heavy atom. The average molecular weight is 280 g/mol. The summed E-state index contributed by atoms with van der Waals surface area (Å²) in [6, 6.07) is -0.329. The van der Waals surface area contributed by atoms with Crippen LogP contribution in [0, 0.1) is 0 Å². The van der Waals surface area contributed by atoms with Crippen molar-refractivity contribution in [2.45, 2.75) is 44.6 Å². The standard InChI is InChI=1S/C13H20N4O3/c1-10(17-9-14-8-15-17)12(18)16-5-3-2-4-11(16)13-19-6-7-20-13/h8-11,13H,2-7H2,1H3. The van der Waals surface area contributed by atoms with Crippen LogP contribution >= 0.6 is 0 Å². The molecule has 110 valence electrons. The van der Waals surface area contributed by atoms with E-state index in [1.165, 1.54) is 6.33 Å². The van der Waals surface area contributed by atoms with Crippen molar-refractivity contribution in [1.82, 2.24) is 19.7 Å². The van der Waals surface area contributed by atoms with Crippen LogP contribution in [0.25, 0.3) is 0 Å². The van der Waals surface area contributed by atoms with Gasteiger partial charge in [-0.05, 0) is 26.2 Å². The molecule has 2 fully saturated rings. The summed E-state index contributed by atoms with van der Waals surface area (Å²) in [7, 11) is 0. The lowest BCUT2D eigenvalue weighted by Crippen LogP contribution is -2.52. The Bertz CT molecular complexity index is 444. The van der Waals surface area contributed by atoms with E-state index in [4.69, 9.17) is 9.47 Å². The molecular weight excluding hydrogens is 260 g/mol. The summed E-state index contributed by atoms with van der Waals surface area (Å²) in [6.45, 7) is 3.83. The molecule has 2 aliphatic rings. The van der Waals surface area contributed by atoms with Crippen LogP contribution in [-0.2, 0) is 14.3 Å². The van der Waals surface area contributed by atoms with Gasteiger partial charge < -0.3 is 14.4 Å². The number of nitrogens with zero attached hydrogens (tertiary/aromatic N) is 4. The SMILES string of the molecule is CC(C(=O)N1CCCCC1C1OCCO1)n1cncn1. The van der Waals surface area contributed by atoms with Gasteiger partial charge in [0.1, 0.15) is 18.7 Å². The van der Waals surface area contributed by atoms with E-state index in [0.717, 1.165) is 25.8 Å². The molecule has 0 bridgehead atoms. The summed E-state index contributed by atoms with van der Waals surface area (Å²) in [5.74, 6) is 0.0549. The second-order valence-electron chi connectivity index (χ2n) is 5.26. The topological polar surface area (TPSA) is 69.5 Å². The Morgan fingerprint density at radius 3 is 2.85 bits per heavy atom. The molecule has 2 atom stereocenters. The number of piperidine rings is 1. The molecule has 0 N–H and O–H groups in total. The van der Waals surface area contributed by atoms with E-state index < -0.39 is 0 Å². The van der Waals surface area contributed by atoms with E-state index >= 15 is 0 Å². The number of likely N-dealkylation sites (tertiary alicyclic amines) is 1. The van der Waals surface area contributed by atoms with Gasteiger partial charge in [-0.3, -0.25) is 4.79 Å². The Balaban J connectivity index is 1.73. The van der Waals surface area contributed by atoms with Crippen LogP contribution in [0.2, 0.25) is 0 Å². The fourth-order valence-electron chi connectivity index (χ4n) is 2.88. The van der Waals surface area contributed by atoms with Gasteiger partial charge in [-0.1, -0.05) is 0 Å². The zero-order valence-corrected chi connectivity index (χ0v) is 11.6. The van der Waals surface area contributed by atoms with Crippen molar-refractivity contribution < 1.29 is 14.3 Å². The third kappa shape index (κ3) is 2.55. The molecule has 0 saturated carbocycles. The number of aromatic nitrogens is 3. The first kappa shape index (κ1) is 13.5. The maximum atomic E-state index is 12.7. The lowest BCUT2D eigenvalue weighted by Gasteiger charge is -2.39. The maximum absolute atomic E-state index is 12.7. The van der Waals surface area contributed by atoms with Crippen molar-refractivity contribution in [1.29, 1.82) is 0 Å². The fourth-order valence-corrected chi connectivity index (χ4v) is 2.88. The molecule has 0 aromatic carbocycles. The predicted molar refractivity (Wildman–Crippen MR) is 69.8 cm³/mol. The maximum Gasteiger partial charge on any atom is 0.247 e. The van der Waals surface area contributed by atoms with E-state index in [0.29, 0.717) is 13.2 Å². The molecule has 20 heavy (non-hydrogen) atoms. The van der Waals surface area contributed by atoms with Crippen LogP contribution in [0.5, 0.6) is 0 Å². The summed E-state index contributed by atoms with van der Waals surface area (Å²) >= 11 is 0. The largest absolute Gasteiger partial charge is 0.348 e. The number of hydrogen-bond donors (Lipinski definition) is 0. The highest BCUT2D eigenvalue weighted by molar-refractivity contribution is 5.80. The molecule has 3 heterocycles. The first-order chi connectivity index (χ1) is 9.77. The van der Waals surface area contributed by atoms with Gasteiger partial charge in [-0.15, -0.1) is 0 Å². The predicted octanol–water partition coefficient (Wildman–Crippen LogP) is 0.593. The first-order valence-electron chi connectivity index (χ1n) is 7.15. The number of ether oxygens (including phenoxy) is 2. The van der Waals surface area contributed by atoms with E-state index in [9.17, 15) is 4.79 Å². The summed E-state index contributed by atoms with van der Waals surface area (Å²) in [4.78, 5) is 18.5. The van der Waals surface area contributed by atoms with Gasteiger partial charge in [-0.2, -0.15) is 5.10 Å². The number of carbonyl (C=O) groups excluding carboxylic acids is 1. The smallest absolute Gasteiger partial charge is 0.247 e. The van der Waals surface area contributed by atoms with Gasteiger partial charge in [0.2, 0.25) is 5.91 Å². The quantitative estimate of drug-likeness (QED) is 0.810. The summed E-state index contributed by atoms with van der Waals surface area (Å²) < 4.78 is 12.8. The zero-order chi connectivity index (χ0) is 13.9. The van der Waals surface area contributed by atoms with Crippen molar-refractivity contribution in [3.8, 4) is 0 Å². The molecule has 3 rings (SSSR count). The normalized spacial score (nSPS) is 25.9. The van der Waals surface area contributed by atoms with Crippen molar-refractivity contribution >= 4 is 5.91 Å². The Hall–Kier alpha value is -1.47. The molecule has 7 heteroatoms. The van der Waals surface area contributed by atoms with Crippen LogP contribution in [0.1, 0.15) is 32.2 Å². The van der Waals surface area contributed by atoms with Gasteiger partial charge in [-0.25, -0.2) is 9.67 Å². The third-order valence-corrected chi connectivity index (χ3v) is 3.98. The van der Waals surface area contributed by atoms with Crippen LogP contribution in [0.15, 0.2) is 12.7 Å². The van der Waals surface area contributed by atoms with Gasteiger partial charge in [0.25, 0.3) is 0 Å². The second kappa shape index (κ2) is 5.88. The molecule has 2 aliphatic heterocycles. The van der Waals surface area contributed by atoms with Gasteiger partial charge in [0.05, 0.1) is 19.3 Å². The molecule has 0 radical (unpaired) electrons. The Labute approximate surface area is 117 Å². The zero-order valence-electron chi connectivity index (χ0n) is 11.6. The molecule has 7 nitrogen and oxygen atoms in total.